The van der Waals surface area contributed by atoms with Crippen molar-refractivity contribution >= 4 is 31.4 Å². The minimum absolute atomic E-state index is 0.00346. The van der Waals surface area contributed by atoms with Gasteiger partial charge in [0.2, 0.25) is 0 Å². The van der Waals surface area contributed by atoms with E-state index in [0.717, 1.165) is 76.6 Å². The molecule has 0 aromatic rings. The maximum absolute atomic E-state index is 14.2. The molecule has 0 aromatic carbocycles. The molecule has 0 aromatic heterocycles. The number of hydrogen-bond donors (Lipinski definition) is 6. The first-order valence-corrected chi connectivity index (χ1v) is 21.7. The van der Waals surface area contributed by atoms with E-state index in [0.29, 0.717) is 25.4 Å². The maximum Gasteiger partial charge on any atom is 0.282 e. The van der Waals surface area contributed by atoms with Gasteiger partial charge in [-0.1, -0.05) is 72.6 Å². The summed E-state index contributed by atoms with van der Waals surface area (Å²) in [5.41, 5.74) is 11.5. The molecule has 12 atom stereocenters. The van der Waals surface area contributed by atoms with Gasteiger partial charge in [0.05, 0.1) is 62.1 Å². The number of hydrogen-bond acceptors (Lipinski definition) is 14. The molecule has 5 unspecified atom stereocenters. The predicted molar refractivity (Wildman–Crippen MR) is 222 cm³/mol. The number of rotatable bonds is 19. The molecule has 1 saturated heterocycles. The zero-order chi connectivity index (χ0) is 43.3. The molecule has 1 saturated carbocycles. The number of nitrogens with zero attached hydrogens (tertiary/aromatic N) is 1. The van der Waals surface area contributed by atoms with Crippen LogP contribution in [0, 0.1) is 17.8 Å². The van der Waals surface area contributed by atoms with Crippen LogP contribution in [0.2, 0.25) is 0 Å². The number of unbranched alkanes of at least 4 members (excludes halogenated alkanes) is 3. The van der Waals surface area contributed by atoms with Crippen LogP contribution < -0.4 is 32.7 Å². The number of likely N-dealkylation sites (N-methyl/N-ethyl adjacent to an activating group) is 1. The molecule has 2 rings (SSSR count). The number of nitrogens with one attached hydrogen (secondary N) is 4. The topological polar surface area (TPSA) is 207 Å². The molecule has 8 N–H and O–H groups in total. The summed E-state index contributed by atoms with van der Waals surface area (Å²) < 4.78 is 40.3. The zero-order valence-corrected chi connectivity index (χ0v) is 36.0. The van der Waals surface area contributed by atoms with Crippen molar-refractivity contribution in [1.82, 2.24) is 26.2 Å². The van der Waals surface area contributed by atoms with E-state index < -0.39 is 86.1 Å². The molecule has 58 heavy (non-hydrogen) atoms. The summed E-state index contributed by atoms with van der Waals surface area (Å²) >= 11 is 0. The normalized spacial score (nSPS) is 33.7. The van der Waals surface area contributed by atoms with E-state index in [1.54, 1.807) is 0 Å². The largest absolute Gasteiger partial charge is 0.376 e. The Labute approximate surface area is 346 Å². The van der Waals surface area contributed by atoms with Crippen molar-refractivity contribution in [3.05, 3.63) is 0 Å². The summed E-state index contributed by atoms with van der Waals surface area (Å²) in [4.78, 5) is 67.1. The standard InChI is InChI=1S/C42H77F2N7O7/c1-7-8-9-13-16-40-30(5)39(23-56)51(6)38(17-28(2)3)35(21-54)50-41(31-14-11-10-12-15-31)36(22-55)48-32(18-45)33(19-52)49-37(25-57-27-42(43,44)26-46)34(20-53)47-29(4)24-58-40/h19-23,28-41,47-50H,7-18,24-27,45-46H2,1-6H3/t29-,30-,32+,33?,34?,35?,36?,37-,38+,39?,40-,41+/m1/s1. The fourth-order valence-corrected chi connectivity index (χ4v) is 8.68. The van der Waals surface area contributed by atoms with E-state index >= 15 is 0 Å². The number of aldehydes is 5. The van der Waals surface area contributed by atoms with Gasteiger partial charge < -0.3 is 60.9 Å². The highest BCUT2D eigenvalue weighted by molar-refractivity contribution is 5.64. The van der Waals surface area contributed by atoms with Gasteiger partial charge in [-0.3, -0.25) is 10.2 Å². The van der Waals surface area contributed by atoms with Gasteiger partial charge in [-0.2, -0.15) is 0 Å². The summed E-state index contributed by atoms with van der Waals surface area (Å²) in [6, 6.07) is -7.72. The quantitative estimate of drug-likeness (QED) is 0.0816. The van der Waals surface area contributed by atoms with Gasteiger partial charge in [0.1, 0.15) is 38.0 Å². The Bertz CT molecular complexity index is 1190. The predicted octanol–water partition coefficient (Wildman–Crippen LogP) is 2.18. The maximum atomic E-state index is 14.2. The molecule has 0 amide bonds. The number of carbonyl (C=O) groups excluding carboxylic acids is 5. The first-order chi connectivity index (χ1) is 27.7. The monoisotopic (exact) mass is 830 g/mol. The fraction of sp³-hybridized carbons (Fsp3) is 0.881. The minimum atomic E-state index is -3.31. The van der Waals surface area contributed by atoms with Crippen molar-refractivity contribution < 1.29 is 42.2 Å². The number of ether oxygens (including phenoxy) is 2. The zero-order valence-electron chi connectivity index (χ0n) is 36.0. The Morgan fingerprint density at radius 1 is 0.828 bits per heavy atom. The highest BCUT2D eigenvalue weighted by atomic mass is 19.3. The number of carbonyl (C=O) groups is 5. The second-order valence-corrected chi connectivity index (χ2v) is 17.2. The van der Waals surface area contributed by atoms with Crippen LogP contribution in [-0.4, -0.2) is 149 Å². The van der Waals surface area contributed by atoms with Crippen LogP contribution in [0.25, 0.3) is 0 Å². The lowest BCUT2D eigenvalue weighted by Crippen LogP contribution is -2.67. The van der Waals surface area contributed by atoms with E-state index in [1.807, 2.05) is 25.8 Å². The van der Waals surface area contributed by atoms with Crippen molar-refractivity contribution in [3.8, 4) is 0 Å². The van der Waals surface area contributed by atoms with Gasteiger partial charge in [-0.15, -0.1) is 0 Å². The van der Waals surface area contributed by atoms with Gasteiger partial charge in [0.15, 0.2) is 0 Å². The van der Waals surface area contributed by atoms with Crippen molar-refractivity contribution in [2.24, 2.45) is 29.2 Å². The van der Waals surface area contributed by atoms with Crippen LogP contribution in [0.4, 0.5) is 8.78 Å². The Morgan fingerprint density at radius 2 is 1.45 bits per heavy atom. The number of halogens is 2. The van der Waals surface area contributed by atoms with Crippen LogP contribution in [0.15, 0.2) is 0 Å². The van der Waals surface area contributed by atoms with Gasteiger partial charge in [-0.05, 0) is 51.5 Å². The third-order valence-corrected chi connectivity index (χ3v) is 12.1. The van der Waals surface area contributed by atoms with Crippen molar-refractivity contribution in [1.29, 1.82) is 0 Å². The van der Waals surface area contributed by atoms with Crippen LogP contribution in [0.3, 0.4) is 0 Å². The molecule has 2 fully saturated rings. The molecule has 1 heterocycles. The van der Waals surface area contributed by atoms with Crippen molar-refractivity contribution in [2.75, 3.05) is 40.0 Å². The Morgan fingerprint density at radius 3 is 2.00 bits per heavy atom. The van der Waals surface area contributed by atoms with Crippen molar-refractivity contribution in [2.45, 2.75) is 178 Å². The lowest BCUT2D eigenvalue weighted by molar-refractivity contribution is -0.121. The number of nitrogens with two attached hydrogens (primary N) is 2. The first-order valence-electron chi connectivity index (χ1n) is 21.7. The summed E-state index contributed by atoms with van der Waals surface area (Å²) in [6.45, 7) is 7.77. The molecule has 336 valence electrons. The summed E-state index contributed by atoms with van der Waals surface area (Å²) in [5.74, 6) is -3.46. The fourth-order valence-electron chi connectivity index (χ4n) is 8.68. The summed E-state index contributed by atoms with van der Waals surface area (Å²) in [5, 5.41) is 13.2. The average Bonchev–Trinajstić information content (AvgIpc) is 3.21. The summed E-state index contributed by atoms with van der Waals surface area (Å²) in [6.07, 6.45) is 13.2. The smallest absolute Gasteiger partial charge is 0.282 e. The molecule has 2 aliphatic rings. The van der Waals surface area contributed by atoms with Crippen LogP contribution in [0.5, 0.6) is 0 Å². The van der Waals surface area contributed by atoms with E-state index in [4.69, 9.17) is 20.9 Å². The minimum Gasteiger partial charge on any atom is -0.376 e. The van der Waals surface area contributed by atoms with Crippen LogP contribution in [-0.2, 0) is 33.4 Å². The van der Waals surface area contributed by atoms with Gasteiger partial charge in [0, 0.05) is 36.6 Å². The van der Waals surface area contributed by atoms with Crippen LogP contribution in [0.1, 0.15) is 105 Å². The SMILES string of the molecule is CCCCCC[C@H]1OC[C@@H](C)NC(C=O)[C@@H](COCC(F)(F)CN)NC(C=O)[C@H](CN)NC(C=O)[C@H](C2CCCCC2)NC(C=O)[C@H](CC(C)C)N(C)C(C=O)[C@H]1C. The highest BCUT2D eigenvalue weighted by Gasteiger charge is 2.41. The van der Waals surface area contributed by atoms with E-state index in [-0.39, 0.29) is 37.0 Å². The van der Waals surface area contributed by atoms with Crippen molar-refractivity contribution in [3.63, 3.8) is 0 Å². The molecule has 1 aliphatic heterocycles. The van der Waals surface area contributed by atoms with Gasteiger partial charge in [0.25, 0.3) is 5.92 Å². The molecular formula is C42H77F2N7O7. The van der Waals surface area contributed by atoms with Gasteiger partial charge in [-0.25, -0.2) is 8.78 Å². The third kappa shape index (κ3) is 16.7. The molecule has 0 spiro atoms. The lowest BCUT2D eigenvalue weighted by atomic mass is 9.80. The van der Waals surface area contributed by atoms with Gasteiger partial charge >= 0.3 is 0 Å². The third-order valence-electron chi connectivity index (χ3n) is 12.1. The Hall–Kier alpha value is -2.15. The first kappa shape index (κ1) is 52.0. The second-order valence-electron chi connectivity index (χ2n) is 17.2. The van der Waals surface area contributed by atoms with E-state index in [1.165, 1.54) is 0 Å². The van der Waals surface area contributed by atoms with E-state index in [9.17, 15) is 32.8 Å². The number of alkyl halides is 2. The lowest BCUT2D eigenvalue weighted by Gasteiger charge is -2.44. The Kier molecular flexibility index (Phi) is 24.8. The molecular weight excluding hydrogens is 752 g/mol. The molecule has 0 bridgehead atoms. The molecule has 14 nitrogen and oxygen atoms in total. The Balaban J connectivity index is 2.75. The van der Waals surface area contributed by atoms with E-state index in [2.05, 4.69) is 42.0 Å². The molecule has 1 aliphatic carbocycles. The second kappa shape index (κ2) is 27.6. The highest BCUT2D eigenvalue weighted by Crippen LogP contribution is 2.30. The molecule has 16 heteroatoms. The summed E-state index contributed by atoms with van der Waals surface area (Å²) in [7, 11) is 1.87. The van der Waals surface area contributed by atoms with Crippen LogP contribution >= 0.6 is 0 Å². The molecule has 0 radical (unpaired) electrons. The average molecular weight is 830 g/mol.